The molecule has 2 aliphatic heterocycles. The Balaban J connectivity index is 1.31. The van der Waals surface area contributed by atoms with Gasteiger partial charge in [-0.1, -0.05) is 48.5 Å². The molecule has 0 bridgehead atoms. The van der Waals surface area contributed by atoms with Crippen molar-refractivity contribution in [2.45, 2.75) is 44.8 Å². The largest absolute Gasteiger partial charge is 0.416 e. The molecule has 1 amide bonds. The predicted molar refractivity (Wildman–Crippen MR) is 119 cm³/mol. The molecule has 2 heterocycles. The summed E-state index contributed by atoms with van der Waals surface area (Å²) in [6.45, 7) is 3.07. The van der Waals surface area contributed by atoms with Crippen molar-refractivity contribution < 1.29 is 18.0 Å². The maximum Gasteiger partial charge on any atom is 0.416 e. The van der Waals surface area contributed by atoms with Gasteiger partial charge in [0.25, 0.3) is 0 Å². The number of alkyl halides is 3. The summed E-state index contributed by atoms with van der Waals surface area (Å²) >= 11 is 0. The van der Waals surface area contributed by atoms with Gasteiger partial charge in [0, 0.05) is 26.2 Å². The van der Waals surface area contributed by atoms with E-state index >= 15 is 0 Å². The average molecular weight is 445 g/mol. The van der Waals surface area contributed by atoms with E-state index in [0.29, 0.717) is 12.5 Å². The number of hydrogen-bond acceptors (Lipinski definition) is 2. The van der Waals surface area contributed by atoms with Crippen LogP contribution in [0.3, 0.4) is 0 Å². The molecule has 4 rings (SSSR count). The highest BCUT2D eigenvalue weighted by Crippen LogP contribution is 2.33. The Bertz CT molecular complexity index is 891. The van der Waals surface area contributed by atoms with Gasteiger partial charge in [-0.05, 0) is 61.8 Å². The maximum atomic E-state index is 13.3. The van der Waals surface area contributed by atoms with Crippen LogP contribution in [0.4, 0.5) is 13.2 Å². The fraction of sp³-hybridized carbons (Fsp3) is 0.500. The minimum Gasteiger partial charge on any atom is -0.342 e. The number of benzene rings is 2. The zero-order valence-electron chi connectivity index (χ0n) is 18.4. The highest BCUT2D eigenvalue weighted by atomic mass is 19.4. The summed E-state index contributed by atoms with van der Waals surface area (Å²) in [5.74, 6) is 0.660. The molecule has 32 heavy (non-hydrogen) atoms. The second-order valence-electron chi connectivity index (χ2n) is 9.19. The Kier molecular flexibility index (Phi) is 7.19. The Morgan fingerprint density at radius 1 is 0.906 bits per heavy atom. The van der Waals surface area contributed by atoms with Crippen molar-refractivity contribution in [1.82, 2.24) is 9.80 Å². The number of hydrogen-bond donors (Lipinski definition) is 0. The Labute approximate surface area is 188 Å². The number of carbonyl (C=O) groups excluding carboxylic acids is 1. The van der Waals surface area contributed by atoms with E-state index in [0.717, 1.165) is 57.8 Å². The molecule has 2 aliphatic rings. The summed E-state index contributed by atoms with van der Waals surface area (Å²) in [5.41, 5.74) is 1.06. The number of likely N-dealkylation sites (tertiary alicyclic amines) is 2. The predicted octanol–water partition coefficient (Wildman–Crippen LogP) is 5.40. The first-order chi connectivity index (χ1) is 15.4. The van der Waals surface area contributed by atoms with Crippen molar-refractivity contribution in [2.75, 3.05) is 26.2 Å². The number of nitrogens with zero attached hydrogens (tertiary/aromatic N) is 2. The molecule has 2 saturated heterocycles. The third-order valence-electron chi connectivity index (χ3n) is 6.86. The first-order valence-electron chi connectivity index (χ1n) is 11.6. The Morgan fingerprint density at radius 2 is 1.59 bits per heavy atom. The second-order valence-corrected chi connectivity index (χ2v) is 9.19. The van der Waals surface area contributed by atoms with Gasteiger partial charge < -0.3 is 4.90 Å². The monoisotopic (exact) mass is 444 g/mol. The molecule has 6 heteroatoms. The summed E-state index contributed by atoms with van der Waals surface area (Å²) in [6.07, 6.45) is 0.381. The highest BCUT2D eigenvalue weighted by molar-refractivity contribution is 5.79. The topological polar surface area (TPSA) is 23.6 Å². The van der Waals surface area contributed by atoms with E-state index in [1.165, 1.54) is 11.6 Å². The average Bonchev–Trinajstić information content (AvgIpc) is 2.80. The fourth-order valence-corrected chi connectivity index (χ4v) is 5.14. The van der Waals surface area contributed by atoms with Crippen LogP contribution in [0.25, 0.3) is 0 Å². The molecular weight excluding hydrogens is 413 g/mol. The summed E-state index contributed by atoms with van der Waals surface area (Å²) in [4.78, 5) is 17.2. The van der Waals surface area contributed by atoms with Gasteiger partial charge in [0.2, 0.25) is 5.91 Å². The number of halogens is 3. The van der Waals surface area contributed by atoms with Gasteiger partial charge in [0.15, 0.2) is 0 Å². The molecule has 0 spiro atoms. The van der Waals surface area contributed by atoms with Gasteiger partial charge >= 0.3 is 6.18 Å². The summed E-state index contributed by atoms with van der Waals surface area (Å²) in [5, 5.41) is 0. The molecule has 2 aromatic carbocycles. The normalized spacial score (nSPS) is 21.0. The van der Waals surface area contributed by atoms with Crippen molar-refractivity contribution in [2.24, 2.45) is 11.8 Å². The molecule has 1 atom stereocenters. The van der Waals surface area contributed by atoms with Crippen LogP contribution in [0.1, 0.15) is 42.4 Å². The van der Waals surface area contributed by atoms with Gasteiger partial charge in [-0.15, -0.1) is 0 Å². The van der Waals surface area contributed by atoms with E-state index in [4.69, 9.17) is 0 Å². The quantitative estimate of drug-likeness (QED) is 0.617. The zero-order valence-corrected chi connectivity index (χ0v) is 18.4. The van der Waals surface area contributed by atoms with Gasteiger partial charge in [-0.25, -0.2) is 0 Å². The highest BCUT2D eigenvalue weighted by Gasteiger charge is 2.35. The molecule has 0 aromatic heterocycles. The van der Waals surface area contributed by atoms with E-state index in [1.807, 2.05) is 15.9 Å². The van der Waals surface area contributed by atoms with Crippen molar-refractivity contribution in [1.29, 1.82) is 0 Å². The number of amides is 1. The smallest absolute Gasteiger partial charge is 0.342 e. The molecule has 2 fully saturated rings. The SMILES string of the molecule is O=C(C1CCCN(Cc2ccccc2C(F)(F)F)C1)N1CCC(Cc2ccccc2)CC1. The van der Waals surface area contributed by atoms with E-state index < -0.39 is 11.7 Å². The van der Waals surface area contributed by atoms with Crippen LogP contribution in [-0.2, 0) is 23.9 Å². The summed E-state index contributed by atoms with van der Waals surface area (Å²) in [6, 6.07) is 16.2. The van der Waals surface area contributed by atoms with Crippen LogP contribution in [-0.4, -0.2) is 41.9 Å². The molecule has 172 valence electrons. The molecule has 2 aromatic rings. The van der Waals surface area contributed by atoms with Crippen molar-refractivity contribution in [3.63, 3.8) is 0 Å². The third kappa shape index (κ3) is 5.71. The second kappa shape index (κ2) is 10.1. The summed E-state index contributed by atoms with van der Waals surface area (Å²) < 4.78 is 40.0. The van der Waals surface area contributed by atoms with Crippen molar-refractivity contribution in [3.05, 3.63) is 71.3 Å². The number of carbonyl (C=O) groups is 1. The fourth-order valence-electron chi connectivity index (χ4n) is 5.14. The van der Waals surface area contributed by atoms with Crippen LogP contribution >= 0.6 is 0 Å². The first kappa shape index (κ1) is 22.8. The first-order valence-corrected chi connectivity index (χ1v) is 11.6. The van der Waals surface area contributed by atoms with Gasteiger partial charge in [0.1, 0.15) is 0 Å². The minimum absolute atomic E-state index is 0.118. The lowest BCUT2D eigenvalue weighted by atomic mass is 9.89. The number of piperidine rings is 2. The van der Waals surface area contributed by atoms with E-state index in [9.17, 15) is 18.0 Å². The van der Waals surface area contributed by atoms with Gasteiger partial charge in [-0.3, -0.25) is 9.69 Å². The van der Waals surface area contributed by atoms with Crippen LogP contribution in [0, 0.1) is 11.8 Å². The molecule has 0 saturated carbocycles. The molecule has 0 radical (unpaired) electrons. The lowest BCUT2D eigenvalue weighted by Crippen LogP contribution is -2.47. The Morgan fingerprint density at radius 3 is 2.31 bits per heavy atom. The van der Waals surface area contributed by atoms with E-state index in [2.05, 4.69) is 24.3 Å². The lowest BCUT2D eigenvalue weighted by molar-refractivity contribution is -0.140. The van der Waals surface area contributed by atoms with Crippen molar-refractivity contribution >= 4 is 5.91 Å². The molecular formula is C26H31F3N2O. The van der Waals surface area contributed by atoms with Crippen LogP contribution in [0.15, 0.2) is 54.6 Å². The Hall–Kier alpha value is -2.34. The lowest BCUT2D eigenvalue weighted by Gasteiger charge is -2.38. The van der Waals surface area contributed by atoms with Crippen LogP contribution < -0.4 is 0 Å². The third-order valence-corrected chi connectivity index (χ3v) is 6.86. The number of rotatable bonds is 5. The molecule has 3 nitrogen and oxygen atoms in total. The van der Waals surface area contributed by atoms with Crippen molar-refractivity contribution in [3.8, 4) is 0 Å². The summed E-state index contributed by atoms with van der Waals surface area (Å²) in [7, 11) is 0. The van der Waals surface area contributed by atoms with Crippen LogP contribution in [0.2, 0.25) is 0 Å². The van der Waals surface area contributed by atoms with Gasteiger partial charge in [0.05, 0.1) is 11.5 Å². The molecule has 1 unspecified atom stereocenters. The van der Waals surface area contributed by atoms with Gasteiger partial charge in [-0.2, -0.15) is 13.2 Å². The minimum atomic E-state index is -4.36. The molecule has 0 N–H and O–H groups in total. The zero-order chi connectivity index (χ0) is 22.6. The van der Waals surface area contributed by atoms with Crippen LogP contribution in [0.5, 0.6) is 0 Å². The molecule has 0 aliphatic carbocycles. The standard InChI is InChI=1S/C26H31F3N2O/c27-26(28,29)24-11-5-4-9-22(24)18-30-14-6-10-23(19-30)25(32)31-15-12-21(13-16-31)17-20-7-2-1-3-8-20/h1-5,7-9,11,21,23H,6,10,12-19H2. The maximum absolute atomic E-state index is 13.3. The van der Waals surface area contributed by atoms with E-state index in [1.54, 1.807) is 12.1 Å². The van der Waals surface area contributed by atoms with E-state index in [-0.39, 0.29) is 23.9 Å².